The molecule has 5 heteroatoms. The summed E-state index contributed by atoms with van der Waals surface area (Å²) in [5.74, 6) is -1.75. The number of ketones is 1. The predicted octanol–water partition coefficient (Wildman–Crippen LogP) is 1.40. The van der Waals surface area contributed by atoms with Gasteiger partial charge in [-0.25, -0.2) is 0 Å². The summed E-state index contributed by atoms with van der Waals surface area (Å²) in [5.41, 5.74) is 1.52. The van der Waals surface area contributed by atoms with Crippen molar-refractivity contribution >= 4 is 17.7 Å². The van der Waals surface area contributed by atoms with Crippen LogP contribution in [0.15, 0.2) is 18.2 Å². The first kappa shape index (κ1) is 13.9. The molecule has 0 fully saturated rings. The predicted molar refractivity (Wildman–Crippen MR) is 65.7 cm³/mol. The minimum absolute atomic E-state index is 0.131. The van der Waals surface area contributed by atoms with E-state index in [2.05, 4.69) is 5.32 Å². The fourth-order valence-electron chi connectivity index (χ4n) is 1.48. The van der Waals surface area contributed by atoms with E-state index >= 15 is 0 Å². The maximum Gasteiger partial charge on any atom is 0.325 e. The number of nitrogens with one attached hydrogen (secondary N) is 1. The van der Waals surface area contributed by atoms with Crippen LogP contribution in [0.3, 0.4) is 0 Å². The number of rotatable bonds is 4. The van der Waals surface area contributed by atoms with E-state index in [9.17, 15) is 14.4 Å². The lowest BCUT2D eigenvalue weighted by Crippen LogP contribution is -2.38. The molecule has 0 radical (unpaired) electrons. The normalized spacial score (nSPS) is 11.7. The largest absolute Gasteiger partial charge is 0.480 e. The molecule has 0 saturated carbocycles. The number of amides is 1. The summed E-state index contributed by atoms with van der Waals surface area (Å²) in [6.45, 7) is 4.57. The van der Waals surface area contributed by atoms with Crippen molar-refractivity contribution in [3.63, 3.8) is 0 Å². The summed E-state index contributed by atoms with van der Waals surface area (Å²) < 4.78 is 0. The highest BCUT2D eigenvalue weighted by atomic mass is 16.4. The Morgan fingerprint density at radius 3 is 2.39 bits per heavy atom. The van der Waals surface area contributed by atoms with Gasteiger partial charge in [0.1, 0.15) is 6.04 Å². The minimum Gasteiger partial charge on any atom is -0.480 e. The molecule has 5 nitrogen and oxygen atoms in total. The van der Waals surface area contributed by atoms with Gasteiger partial charge in [-0.1, -0.05) is 6.07 Å². The van der Waals surface area contributed by atoms with E-state index in [0.717, 1.165) is 5.56 Å². The summed E-state index contributed by atoms with van der Waals surface area (Å²) in [7, 11) is 0. The van der Waals surface area contributed by atoms with E-state index in [4.69, 9.17) is 5.11 Å². The molecule has 2 N–H and O–H groups in total. The molecule has 0 heterocycles. The van der Waals surface area contributed by atoms with Crippen LogP contribution >= 0.6 is 0 Å². The van der Waals surface area contributed by atoms with Gasteiger partial charge in [-0.15, -0.1) is 0 Å². The molecule has 1 amide bonds. The number of benzene rings is 1. The van der Waals surface area contributed by atoms with Gasteiger partial charge < -0.3 is 10.4 Å². The number of hydrogen-bond acceptors (Lipinski definition) is 3. The summed E-state index contributed by atoms with van der Waals surface area (Å²) in [6.07, 6.45) is 0. The Morgan fingerprint density at radius 2 is 1.89 bits per heavy atom. The highest BCUT2D eigenvalue weighted by Gasteiger charge is 2.16. The maximum absolute atomic E-state index is 11.8. The van der Waals surface area contributed by atoms with Crippen LogP contribution in [0.1, 0.15) is 40.1 Å². The Balaban J connectivity index is 2.97. The first-order valence-electron chi connectivity index (χ1n) is 5.48. The zero-order chi connectivity index (χ0) is 13.9. The average Bonchev–Trinajstić information content (AvgIpc) is 2.28. The lowest BCUT2D eigenvalue weighted by molar-refractivity contribution is -0.138. The van der Waals surface area contributed by atoms with Crippen molar-refractivity contribution in [2.24, 2.45) is 0 Å². The Kier molecular flexibility index (Phi) is 4.20. The number of carbonyl (C=O) groups excluding carboxylic acids is 2. The molecule has 1 aromatic carbocycles. The molecule has 0 spiro atoms. The van der Waals surface area contributed by atoms with Gasteiger partial charge >= 0.3 is 5.97 Å². The van der Waals surface area contributed by atoms with E-state index < -0.39 is 17.9 Å². The second-order valence-corrected chi connectivity index (χ2v) is 4.12. The molecule has 0 aliphatic carbocycles. The standard InChI is InChI=1S/C13H15NO4/c1-7-4-5-10(6-11(7)9(3)15)12(16)14-8(2)13(17)18/h4-6,8H,1-3H3,(H,14,16)(H,17,18). The Bertz CT molecular complexity index is 508. The van der Waals surface area contributed by atoms with Gasteiger partial charge in [-0.3, -0.25) is 14.4 Å². The third-order valence-corrected chi connectivity index (χ3v) is 2.60. The molecule has 96 valence electrons. The van der Waals surface area contributed by atoms with Crippen LogP contribution in [0.5, 0.6) is 0 Å². The lowest BCUT2D eigenvalue weighted by atomic mass is 10.0. The monoisotopic (exact) mass is 249 g/mol. The molecule has 0 bridgehead atoms. The molecule has 18 heavy (non-hydrogen) atoms. The third-order valence-electron chi connectivity index (χ3n) is 2.60. The van der Waals surface area contributed by atoms with E-state index in [0.29, 0.717) is 5.56 Å². The van der Waals surface area contributed by atoms with Crippen LogP contribution < -0.4 is 5.32 Å². The van der Waals surface area contributed by atoms with Crippen LogP contribution in [0, 0.1) is 6.92 Å². The van der Waals surface area contributed by atoms with Crippen LogP contribution in [0.4, 0.5) is 0 Å². The Morgan fingerprint density at radius 1 is 1.28 bits per heavy atom. The Hall–Kier alpha value is -2.17. The van der Waals surface area contributed by atoms with Gasteiger partial charge in [-0.2, -0.15) is 0 Å². The van der Waals surface area contributed by atoms with Gasteiger partial charge in [0.05, 0.1) is 0 Å². The van der Waals surface area contributed by atoms with Crippen LogP contribution in [0.25, 0.3) is 0 Å². The van der Waals surface area contributed by atoms with Gasteiger partial charge in [0.2, 0.25) is 0 Å². The highest BCUT2D eigenvalue weighted by molar-refractivity contribution is 6.01. The van der Waals surface area contributed by atoms with E-state index in [1.807, 2.05) is 0 Å². The van der Waals surface area contributed by atoms with Gasteiger partial charge in [-0.05, 0) is 38.5 Å². The molecule has 1 aromatic rings. The lowest BCUT2D eigenvalue weighted by Gasteiger charge is -2.10. The highest BCUT2D eigenvalue weighted by Crippen LogP contribution is 2.12. The number of aliphatic carboxylic acids is 1. The quantitative estimate of drug-likeness (QED) is 0.790. The second-order valence-electron chi connectivity index (χ2n) is 4.12. The third kappa shape index (κ3) is 3.16. The number of carboxylic acids is 1. The van der Waals surface area contributed by atoms with E-state index in [1.165, 1.54) is 19.9 Å². The van der Waals surface area contributed by atoms with E-state index in [1.54, 1.807) is 19.1 Å². The van der Waals surface area contributed by atoms with Crippen molar-refractivity contribution in [1.82, 2.24) is 5.32 Å². The minimum atomic E-state index is -1.11. The first-order chi connectivity index (χ1) is 8.32. The zero-order valence-corrected chi connectivity index (χ0v) is 10.5. The molecule has 1 unspecified atom stereocenters. The molecule has 0 aromatic heterocycles. The zero-order valence-electron chi connectivity index (χ0n) is 10.5. The topological polar surface area (TPSA) is 83.5 Å². The number of aryl methyl sites for hydroxylation is 1. The van der Waals surface area contributed by atoms with Crippen molar-refractivity contribution in [3.05, 3.63) is 34.9 Å². The molecule has 0 aliphatic rings. The number of Topliss-reactive ketones (excluding diaryl/α,β-unsaturated/α-hetero) is 1. The average molecular weight is 249 g/mol. The van der Waals surface area contributed by atoms with Crippen molar-refractivity contribution in [3.8, 4) is 0 Å². The van der Waals surface area contributed by atoms with E-state index in [-0.39, 0.29) is 11.3 Å². The first-order valence-corrected chi connectivity index (χ1v) is 5.48. The molecular weight excluding hydrogens is 234 g/mol. The van der Waals surface area contributed by atoms with Gasteiger partial charge in [0.15, 0.2) is 5.78 Å². The molecule has 0 saturated heterocycles. The van der Waals surface area contributed by atoms with Crippen LogP contribution in [0.2, 0.25) is 0 Å². The smallest absolute Gasteiger partial charge is 0.325 e. The molecule has 1 atom stereocenters. The summed E-state index contributed by atoms with van der Waals surface area (Å²) in [4.78, 5) is 33.7. The van der Waals surface area contributed by atoms with Gasteiger partial charge in [0.25, 0.3) is 5.91 Å². The van der Waals surface area contributed by atoms with Crippen LogP contribution in [-0.4, -0.2) is 28.8 Å². The summed E-state index contributed by atoms with van der Waals surface area (Å²) in [5, 5.41) is 11.0. The SMILES string of the molecule is CC(=O)c1cc(C(=O)NC(C)C(=O)O)ccc1C. The fraction of sp³-hybridized carbons (Fsp3) is 0.308. The van der Waals surface area contributed by atoms with Crippen molar-refractivity contribution in [2.75, 3.05) is 0 Å². The van der Waals surface area contributed by atoms with Gasteiger partial charge in [0, 0.05) is 11.1 Å². The number of carbonyl (C=O) groups is 3. The number of carboxylic acid groups (broad SMARTS) is 1. The van der Waals surface area contributed by atoms with Crippen molar-refractivity contribution < 1.29 is 19.5 Å². The molecule has 0 aliphatic heterocycles. The summed E-state index contributed by atoms with van der Waals surface area (Å²) in [6, 6.07) is 3.73. The number of hydrogen-bond donors (Lipinski definition) is 2. The summed E-state index contributed by atoms with van der Waals surface area (Å²) >= 11 is 0. The molecule has 1 rings (SSSR count). The Labute approximate surface area is 105 Å². The fourth-order valence-corrected chi connectivity index (χ4v) is 1.48. The molecular formula is C13H15NO4. The van der Waals surface area contributed by atoms with Crippen molar-refractivity contribution in [1.29, 1.82) is 0 Å². The van der Waals surface area contributed by atoms with Crippen LogP contribution in [-0.2, 0) is 4.79 Å². The maximum atomic E-state index is 11.8. The van der Waals surface area contributed by atoms with Crippen molar-refractivity contribution in [2.45, 2.75) is 26.8 Å². The second kappa shape index (κ2) is 5.44.